The predicted molar refractivity (Wildman–Crippen MR) is 59.8 cm³/mol. The first-order valence-electron chi connectivity index (χ1n) is 5.78. The molecule has 18 heavy (non-hydrogen) atoms. The third-order valence-corrected chi connectivity index (χ3v) is 3.71. The molecule has 4 rings (SSSR count). The van der Waals surface area contributed by atoms with Crippen LogP contribution in [0, 0.1) is 0 Å². The van der Waals surface area contributed by atoms with Crippen LogP contribution in [0.15, 0.2) is 6.33 Å². The molecule has 0 unspecified atom stereocenters. The van der Waals surface area contributed by atoms with Crippen molar-refractivity contribution in [1.82, 2.24) is 15.3 Å². The fourth-order valence-corrected chi connectivity index (χ4v) is 2.89. The summed E-state index contributed by atoms with van der Waals surface area (Å²) in [6.07, 6.45) is -1.20. The monoisotopic (exact) mass is 250 g/mol. The van der Waals surface area contributed by atoms with Gasteiger partial charge in [0.05, 0.1) is 6.10 Å². The summed E-state index contributed by atoms with van der Waals surface area (Å²) in [4.78, 5) is 9.80. The maximum Gasteiger partial charge on any atom is 0.163 e. The summed E-state index contributed by atoms with van der Waals surface area (Å²) in [7, 11) is 0. The highest BCUT2D eigenvalue weighted by molar-refractivity contribution is 5.76. The second kappa shape index (κ2) is 3.22. The zero-order valence-electron chi connectivity index (χ0n) is 9.34. The molecule has 1 aromatic heterocycles. The van der Waals surface area contributed by atoms with Gasteiger partial charge in [0.25, 0.3) is 0 Å². The molecule has 3 aliphatic heterocycles. The van der Waals surface area contributed by atoms with Crippen molar-refractivity contribution in [3.8, 4) is 0 Å². The van der Waals surface area contributed by atoms with Crippen LogP contribution < -0.4 is 16.0 Å². The maximum atomic E-state index is 10.2. The molecule has 0 aromatic carbocycles. The molecule has 8 heteroatoms. The van der Waals surface area contributed by atoms with E-state index >= 15 is 0 Å². The Balaban J connectivity index is 1.82. The molecule has 4 N–H and O–H groups in total. The highest BCUT2D eigenvalue weighted by Gasteiger charge is 2.56. The van der Waals surface area contributed by atoms with Gasteiger partial charge in [0.1, 0.15) is 30.5 Å². The van der Waals surface area contributed by atoms with Crippen molar-refractivity contribution >= 4 is 17.3 Å². The lowest BCUT2D eigenvalue weighted by molar-refractivity contribution is -0.107. The van der Waals surface area contributed by atoms with Gasteiger partial charge in [0, 0.05) is 6.42 Å². The average molecular weight is 250 g/mol. The van der Waals surface area contributed by atoms with Crippen LogP contribution >= 0.6 is 0 Å². The minimum absolute atomic E-state index is 0.290. The normalized spacial score (nSPS) is 40.3. The van der Waals surface area contributed by atoms with Crippen LogP contribution in [-0.2, 0) is 4.74 Å². The standard InChI is InChI=1S/C10H12N5O3/c11-8-5-9(13-2-12-8)15-4-1-3(16)7(18-4)6(17)10(15)14-5/h2-4,6-7,10,16-17H,1H2,(H2,11,12,13)/t3-,4+,6+,7-,10-/m0/s1. The van der Waals surface area contributed by atoms with Gasteiger partial charge in [-0.15, -0.1) is 0 Å². The Morgan fingerprint density at radius 1 is 1.39 bits per heavy atom. The summed E-state index contributed by atoms with van der Waals surface area (Å²) < 4.78 is 5.60. The molecule has 0 aliphatic carbocycles. The minimum atomic E-state index is -0.896. The molecule has 1 radical (unpaired) electrons. The molecule has 95 valence electrons. The number of hydrogen-bond acceptors (Lipinski definition) is 7. The highest BCUT2D eigenvalue weighted by Crippen LogP contribution is 2.45. The Kier molecular flexibility index (Phi) is 1.84. The van der Waals surface area contributed by atoms with Crippen molar-refractivity contribution in [3.63, 3.8) is 0 Å². The van der Waals surface area contributed by atoms with Crippen molar-refractivity contribution in [2.75, 3.05) is 10.6 Å². The molecule has 2 bridgehead atoms. The first kappa shape index (κ1) is 10.3. The molecule has 2 saturated heterocycles. The number of rotatable bonds is 0. The van der Waals surface area contributed by atoms with Crippen molar-refractivity contribution in [3.05, 3.63) is 6.33 Å². The fraction of sp³-hybridized carbons (Fsp3) is 0.600. The van der Waals surface area contributed by atoms with Crippen molar-refractivity contribution < 1.29 is 14.9 Å². The lowest BCUT2D eigenvalue weighted by atomic mass is 10.1. The van der Waals surface area contributed by atoms with Crippen LogP contribution in [0.3, 0.4) is 0 Å². The van der Waals surface area contributed by atoms with Crippen LogP contribution in [0.4, 0.5) is 17.3 Å². The molecule has 1 aromatic rings. The quantitative estimate of drug-likeness (QED) is 0.501. The Morgan fingerprint density at radius 3 is 3.06 bits per heavy atom. The van der Waals surface area contributed by atoms with Gasteiger partial charge in [0.2, 0.25) is 0 Å². The van der Waals surface area contributed by atoms with E-state index in [-0.39, 0.29) is 12.0 Å². The van der Waals surface area contributed by atoms with Gasteiger partial charge in [-0.2, -0.15) is 0 Å². The number of hydrogen-bond donors (Lipinski definition) is 3. The van der Waals surface area contributed by atoms with E-state index in [1.165, 1.54) is 6.33 Å². The number of aliphatic hydroxyl groups excluding tert-OH is 2. The molecule has 3 aliphatic rings. The average Bonchev–Trinajstić information content (AvgIpc) is 2.88. The van der Waals surface area contributed by atoms with E-state index in [1.54, 1.807) is 4.90 Å². The van der Waals surface area contributed by atoms with E-state index in [0.717, 1.165) is 0 Å². The van der Waals surface area contributed by atoms with E-state index in [0.29, 0.717) is 17.9 Å². The number of aromatic nitrogens is 2. The maximum absolute atomic E-state index is 10.2. The number of aliphatic hydroxyl groups is 2. The smallest absolute Gasteiger partial charge is 0.163 e. The second-order valence-corrected chi connectivity index (χ2v) is 4.73. The second-order valence-electron chi connectivity index (χ2n) is 4.73. The number of fused-ring (bicyclic) bond motifs is 6. The van der Waals surface area contributed by atoms with Gasteiger partial charge < -0.3 is 25.6 Å². The lowest BCUT2D eigenvalue weighted by Crippen LogP contribution is -2.58. The summed E-state index contributed by atoms with van der Waals surface area (Å²) in [6.45, 7) is 0. The van der Waals surface area contributed by atoms with Crippen LogP contribution in [-0.4, -0.2) is 50.9 Å². The molecule has 0 spiro atoms. The van der Waals surface area contributed by atoms with E-state index in [2.05, 4.69) is 15.3 Å². The Labute approximate surface area is 102 Å². The Bertz CT molecular complexity index is 512. The van der Waals surface area contributed by atoms with Crippen LogP contribution in [0.25, 0.3) is 0 Å². The van der Waals surface area contributed by atoms with Crippen molar-refractivity contribution in [2.45, 2.75) is 37.1 Å². The lowest BCUT2D eigenvalue weighted by Gasteiger charge is -2.38. The molecule has 5 atom stereocenters. The largest absolute Gasteiger partial charge is 0.390 e. The minimum Gasteiger partial charge on any atom is -0.390 e. The van der Waals surface area contributed by atoms with Gasteiger partial charge in [0.15, 0.2) is 17.8 Å². The molecule has 4 heterocycles. The van der Waals surface area contributed by atoms with Crippen molar-refractivity contribution in [2.24, 2.45) is 0 Å². The number of anilines is 2. The van der Waals surface area contributed by atoms with Gasteiger partial charge in [-0.1, -0.05) is 0 Å². The van der Waals surface area contributed by atoms with E-state index in [1.807, 2.05) is 0 Å². The number of ether oxygens (including phenoxy) is 1. The van der Waals surface area contributed by atoms with E-state index in [9.17, 15) is 10.2 Å². The summed E-state index contributed by atoms with van der Waals surface area (Å²) >= 11 is 0. The first-order valence-corrected chi connectivity index (χ1v) is 5.78. The fourth-order valence-electron chi connectivity index (χ4n) is 2.89. The van der Waals surface area contributed by atoms with Crippen LogP contribution in [0.2, 0.25) is 0 Å². The van der Waals surface area contributed by atoms with E-state index < -0.39 is 24.5 Å². The van der Waals surface area contributed by atoms with Crippen LogP contribution in [0.5, 0.6) is 0 Å². The van der Waals surface area contributed by atoms with Crippen LogP contribution in [0.1, 0.15) is 6.42 Å². The zero-order chi connectivity index (χ0) is 12.4. The summed E-state index contributed by atoms with van der Waals surface area (Å²) in [5.74, 6) is 0.849. The third-order valence-electron chi connectivity index (χ3n) is 3.71. The SMILES string of the molecule is Nc1ncnc2c1[N][C@@H]1[C@H](O)[C@H]3O[C@H](C[C@@H]3O)N21. The molecular weight excluding hydrogens is 238 g/mol. The van der Waals surface area contributed by atoms with E-state index in [4.69, 9.17) is 10.5 Å². The first-order chi connectivity index (χ1) is 8.66. The molecule has 2 fully saturated rings. The molecule has 0 saturated carbocycles. The Hall–Kier alpha value is -1.64. The van der Waals surface area contributed by atoms with Gasteiger partial charge in [-0.3, -0.25) is 0 Å². The molecule has 0 amide bonds. The molecule has 8 nitrogen and oxygen atoms in total. The van der Waals surface area contributed by atoms with Gasteiger partial charge >= 0.3 is 0 Å². The Morgan fingerprint density at radius 2 is 2.22 bits per heavy atom. The zero-order valence-corrected chi connectivity index (χ0v) is 9.34. The van der Waals surface area contributed by atoms with Gasteiger partial charge in [-0.05, 0) is 0 Å². The highest BCUT2D eigenvalue weighted by atomic mass is 16.6. The topological polar surface area (TPSA) is 119 Å². The van der Waals surface area contributed by atoms with Crippen molar-refractivity contribution in [1.29, 1.82) is 0 Å². The molecular formula is C10H12N5O3. The van der Waals surface area contributed by atoms with Gasteiger partial charge in [-0.25, -0.2) is 15.3 Å². The number of nitrogens with zero attached hydrogens (tertiary/aromatic N) is 4. The number of nitrogen functional groups attached to an aromatic ring is 1. The third kappa shape index (κ3) is 1.10. The summed E-state index contributed by atoms with van der Waals surface area (Å²) in [6, 6.07) is 0. The summed E-state index contributed by atoms with van der Waals surface area (Å²) in [5.41, 5.74) is 6.25. The summed E-state index contributed by atoms with van der Waals surface area (Å²) in [5, 5.41) is 24.4. The predicted octanol–water partition coefficient (Wildman–Crippen LogP) is -1.71. The number of nitrogens with two attached hydrogens (primary N) is 1.